The monoisotopic (exact) mass is 323 g/mol. The van der Waals surface area contributed by atoms with Crippen molar-refractivity contribution in [2.75, 3.05) is 31.0 Å². The second-order valence-electron chi connectivity index (χ2n) is 4.09. The van der Waals surface area contributed by atoms with E-state index in [1.807, 2.05) is 6.26 Å². The first-order valence-electron chi connectivity index (χ1n) is 5.56. The van der Waals surface area contributed by atoms with Gasteiger partial charge < -0.3 is 9.64 Å². The lowest BCUT2D eigenvalue weighted by Gasteiger charge is -2.25. The van der Waals surface area contributed by atoms with E-state index in [2.05, 4.69) is 15.9 Å². The van der Waals surface area contributed by atoms with E-state index in [0.29, 0.717) is 25.3 Å². The maximum absolute atomic E-state index is 11.9. The molecule has 1 fully saturated rings. The molecule has 0 aromatic rings. The van der Waals surface area contributed by atoms with Crippen LogP contribution in [0.25, 0.3) is 0 Å². The van der Waals surface area contributed by atoms with E-state index in [1.54, 1.807) is 16.7 Å². The molecule has 2 atom stereocenters. The zero-order valence-electron chi connectivity index (χ0n) is 10.1. The average Bonchev–Trinajstić information content (AvgIpc) is 2.71. The molecule has 6 heteroatoms. The highest BCUT2D eigenvalue weighted by atomic mass is 79.9. The number of rotatable bonds is 6. The van der Waals surface area contributed by atoms with Crippen LogP contribution < -0.4 is 0 Å². The number of methoxy groups -OCH3 is 1. The Morgan fingerprint density at radius 1 is 1.71 bits per heavy atom. The summed E-state index contributed by atoms with van der Waals surface area (Å²) in [6.45, 7) is 0.651. The predicted molar refractivity (Wildman–Crippen MR) is 72.4 cm³/mol. The molecule has 1 rings (SSSR count). The molecule has 98 valence electrons. The van der Waals surface area contributed by atoms with Crippen LogP contribution in [0.15, 0.2) is 0 Å². The number of esters is 1. The van der Waals surface area contributed by atoms with E-state index < -0.39 is 6.04 Å². The van der Waals surface area contributed by atoms with Gasteiger partial charge in [-0.05, 0) is 24.3 Å². The summed E-state index contributed by atoms with van der Waals surface area (Å²) in [5, 5.41) is 0.797. The van der Waals surface area contributed by atoms with Crippen LogP contribution in [-0.4, -0.2) is 53.8 Å². The fourth-order valence-electron chi connectivity index (χ4n) is 1.98. The smallest absolute Gasteiger partial charge is 0.328 e. The van der Waals surface area contributed by atoms with Gasteiger partial charge in [0.15, 0.2) is 0 Å². The summed E-state index contributed by atoms with van der Waals surface area (Å²) in [6, 6.07) is -0.413. The van der Waals surface area contributed by atoms with Gasteiger partial charge in [-0.15, -0.1) is 0 Å². The minimum Gasteiger partial charge on any atom is -0.467 e. The third-order valence-corrected chi connectivity index (χ3v) is 4.46. The van der Waals surface area contributed by atoms with Crippen LogP contribution >= 0.6 is 27.7 Å². The summed E-state index contributed by atoms with van der Waals surface area (Å²) >= 11 is 5.06. The van der Waals surface area contributed by atoms with Crippen LogP contribution in [0.3, 0.4) is 0 Å². The van der Waals surface area contributed by atoms with Crippen molar-refractivity contribution in [3.8, 4) is 0 Å². The lowest BCUT2D eigenvalue weighted by atomic mass is 10.1. The molecule has 1 heterocycles. The van der Waals surface area contributed by atoms with Crippen molar-refractivity contribution in [2.24, 2.45) is 5.92 Å². The highest BCUT2D eigenvalue weighted by molar-refractivity contribution is 9.09. The van der Waals surface area contributed by atoms with Crippen molar-refractivity contribution in [2.45, 2.75) is 18.9 Å². The fraction of sp³-hybridized carbons (Fsp3) is 0.818. The molecule has 0 aromatic carbocycles. The number of hydrogen-bond donors (Lipinski definition) is 0. The Labute approximate surface area is 115 Å². The molecule has 0 aromatic heterocycles. The van der Waals surface area contributed by atoms with Crippen LogP contribution in [0.2, 0.25) is 0 Å². The number of carbonyl (C=O) groups is 2. The Kier molecular flexibility index (Phi) is 6.33. The van der Waals surface area contributed by atoms with Crippen molar-refractivity contribution < 1.29 is 14.3 Å². The number of ether oxygens (including phenoxy) is 1. The van der Waals surface area contributed by atoms with Gasteiger partial charge in [-0.2, -0.15) is 11.8 Å². The van der Waals surface area contributed by atoms with Gasteiger partial charge in [0.25, 0.3) is 0 Å². The minimum atomic E-state index is -0.413. The van der Waals surface area contributed by atoms with Crippen LogP contribution in [0.4, 0.5) is 0 Å². The number of hydrogen-bond acceptors (Lipinski definition) is 4. The number of thioether (sulfide) groups is 1. The van der Waals surface area contributed by atoms with Gasteiger partial charge in [0, 0.05) is 18.3 Å². The molecule has 0 spiro atoms. The average molecular weight is 324 g/mol. The molecule has 1 aliphatic heterocycles. The number of carbonyl (C=O) groups excluding carboxylic acids is 2. The molecule has 1 saturated heterocycles. The summed E-state index contributed by atoms with van der Waals surface area (Å²) < 4.78 is 4.79. The van der Waals surface area contributed by atoms with Crippen molar-refractivity contribution in [1.82, 2.24) is 4.90 Å². The molecule has 0 aliphatic carbocycles. The Morgan fingerprint density at radius 3 is 2.88 bits per heavy atom. The van der Waals surface area contributed by atoms with E-state index in [4.69, 9.17) is 4.74 Å². The van der Waals surface area contributed by atoms with E-state index in [-0.39, 0.29) is 11.9 Å². The predicted octanol–water partition coefficient (Wildman–Crippen LogP) is 1.52. The van der Waals surface area contributed by atoms with Crippen LogP contribution in [0.5, 0.6) is 0 Å². The normalized spacial score (nSPS) is 21.7. The lowest BCUT2D eigenvalue weighted by Crippen LogP contribution is -2.43. The Bertz CT molecular complexity index is 286. The molecular formula is C11H18BrNO3S. The van der Waals surface area contributed by atoms with E-state index >= 15 is 0 Å². The topological polar surface area (TPSA) is 46.6 Å². The van der Waals surface area contributed by atoms with E-state index in [9.17, 15) is 9.59 Å². The summed E-state index contributed by atoms with van der Waals surface area (Å²) in [7, 11) is 1.37. The van der Waals surface area contributed by atoms with Gasteiger partial charge >= 0.3 is 5.97 Å². The Hall–Kier alpha value is -0.230. The summed E-state index contributed by atoms with van der Waals surface area (Å²) in [6.07, 6.45) is 3.17. The Morgan fingerprint density at radius 2 is 2.41 bits per heavy atom. The molecular weight excluding hydrogens is 306 g/mol. The summed E-state index contributed by atoms with van der Waals surface area (Å²) in [5.41, 5.74) is 0. The maximum Gasteiger partial charge on any atom is 0.328 e. The van der Waals surface area contributed by atoms with Gasteiger partial charge in [0.2, 0.25) is 5.91 Å². The van der Waals surface area contributed by atoms with Crippen LogP contribution in [0.1, 0.15) is 12.8 Å². The second-order valence-corrected chi connectivity index (χ2v) is 5.72. The third-order valence-electron chi connectivity index (χ3n) is 2.90. The van der Waals surface area contributed by atoms with Gasteiger partial charge in [0.05, 0.1) is 7.11 Å². The first-order valence-corrected chi connectivity index (χ1v) is 8.07. The molecule has 0 saturated carbocycles. The zero-order chi connectivity index (χ0) is 12.8. The zero-order valence-corrected chi connectivity index (χ0v) is 12.6. The highest BCUT2D eigenvalue weighted by Gasteiger charge is 2.37. The Balaban J connectivity index is 2.69. The van der Waals surface area contributed by atoms with Gasteiger partial charge in [0.1, 0.15) is 6.04 Å². The lowest BCUT2D eigenvalue weighted by molar-refractivity contribution is -0.151. The number of amides is 1. The standard InChI is InChI=1S/C11H18BrNO3S/c1-16-11(15)9(3-4-17-2)13-7-8(6-12)5-10(13)14/h8-9H,3-7H2,1-2H3. The quantitative estimate of drug-likeness (QED) is 0.549. The first kappa shape index (κ1) is 14.8. The van der Waals surface area contributed by atoms with Crippen molar-refractivity contribution in [3.05, 3.63) is 0 Å². The van der Waals surface area contributed by atoms with Crippen molar-refractivity contribution >= 4 is 39.6 Å². The molecule has 0 bridgehead atoms. The molecule has 0 N–H and O–H groups in total. The molecule has 2 unspecified atom stereocenters. The SMILES string of the molecule is COC(=O)C(CCSC)N1CC(CBr)CC1=O. The molecule has 0 radical (unpaired) electrons. The number of alkyl halides is 1. The minimum absolute atomic E-state index is 0.0611. The summed E-state index contributed by atoms with van der Waals surface area (Å²) in [5.74, 6) is 0.917. The van der Waals surface area contributed by atoms with Crippen molar-refractivity contribution in [3.63, 3.8) is 0 Å². The largest absolute Gasteiger partial charge is 0.467 e. The van der Waals surface area contributed by atoms with E-state index in [0.717, 1.165) is 11.1 Å². The number of halogens is 1. The fourth-order valence-corrected chi connectivity index (χ4v) is 2.87. The third kappa shape index (κ3) is 3.88. The van der Waals surface area contributed by atoms with Crippen LogP contribution in [0, 0.1) is 5.92 Å². The molecule has 17 heavy (non-hydrogen) atoms. The highest BCUT2D eigenvalue weighted by Crippen LogP contribution is 2.24. The molecule has 1 aliphatic rings. The van der Waals surface area contributed by atoms with Crippen LogP contribution in [-0.2, 0) is 14.3 Å². The summed E-state index contributed by atoms with van der Waals surface area (Å²) in [4.78, 5) is 25.2. The van der Waals surface area contributed by atoms with Gasteiger partial charge in [-0.3, -0.25) is 4.79 Å². The number of likely N-dealkylation sites (tertiary alicyclic amines) is 1. The number of nitrogens with zero attached hydrogens (tertiary/aromatic N) is 1. The second kappa shape index (κ2) is 7.26. The van der Waals surface area contributed by atoms with Crippen molar-refractivity contribution in [1.29, 1.82) is 0 Å². The maximum atomic E-state index is 11.9. The van der Waals surface area contributed by atoms with Gasteiger partial charge in [-0.25, -0.2) is 4.79 Å². The van der Waals surface area contributed by atoms with Gasteiger partial charge in [-0.1, -0.05) is 15.9 Å². The molecule has 1 amide bonds. The first-order chi connectivity index (χ1) is 8.13. The molecule has 4 nitrogen and oxygen atoms in total. The van der Waals surface area contributed by atoms with E-state index in [1.165, 1.54) is 7.11 Å².